The van der Waals surface area contributed by atoms with Crippen molar-refractivity contribution in [3.05, 3.63) is 29.3 Å². The number of carbonyl (C=O) groups is 1. The Morgan fingerprint density at radius 2 is 1.97 bits per heavy atom. The molecule has 1 fully saturated rings. The number of fused-ring (bicyclic) bond motifs is 2. The molecular weight excluding hydrogens is 533 g/mol. The molecule has 38 heavy (non-hydrogen) atoms. The van der Waals surface area contributed by atoms with Gasteiger partial charge in [-0.05, 0) is 81.6 Å². The molecule has 2 heterocycles. The van der Waals surface area contributed by atoms with Crippen molar-refractivity contribution in [2.75, 3.05) is 18.5 Å². The largest absolute Gasteiger partial charge is 0.455 e. The lowest BCUT2D eigenvalue weighted by atomic mass is 9.92. The molecule has 0 saturated heterocycles. The standard InChI is InChI=1S/C26H44N6O3SSi2/c1-19(34)27-12-7-13-37(3,4)35-38(5,6)18-36-25-28-14-20(15-29-25)16-32-24-10-11-26(2)21(22(26)17-33)8-9-23(24)30-31-32/h14-15,21-22,33H,7-13,16-18H2,1-6H3,(H,27,34)/t21?,22-,26?/m0/s1. The van der Waals surface area contributed by atoms with Crippen molar-refractivity contribution in [1.82, 2.24) is 30.3 Å². The highest BCUT2D eigenvalue weighted by molar-refractivity contribution is 8.00. The van der Waals surface area contributed by atoms with Gasteiger partial charge in [0.2, 0.25) is 5.91 Å². The number of nitrogens with zero attached hydrogens (tertiary/aromatic N) is 5. The van der Waals surface area contributed by atoms with Crippen LogP contribution in [0.25, 0.3) is 0 Å². The number of aryl methyl sites for hydroxylation is 1. The Balaban J connectivity index is 1.28. The van der Waals surface area contributed by atoms with Gasteiger partial charge in [0.25, 0.3) is 0 Å². The average Bonchev–Trinajstić information content (AvgIpc) is 3.20. The fourth-order valence-corrected chi connectivity index (χ4v) is 16.5. The van der Waals surface area contributed by atoms with Crippen LogP contribution in [0.15, 0.2) is 17.6 Å². The number of thioether (sulfide) groups is 1. The quantitative estimate of drug-likeness (QED) is 0.170. The Labute approximate surface area is 233 Å². The van der Waals surface area contributed by atoms with E-state index < -0.39 is 16.6 Å². The van der Waals surface area contributed by atoms with Gasteiger partial charge in [-0.25, -0.2) is 14.6 Å². The number of hydrogen-bond acceptors (Lipinski definition) is 8. The van der Waals surface area contributed by atoms with Crippen LogP contribution in [-0.4, -0.2) is 71.1 Å². The molecule has 12 heteroatoms. The Morgan fingerprint density at radius 1 is 1.24 bits per heavy atom. The van der Waals surface area contributed by atoms with Crippen LogP contribution in [0.3, 0.4) is 0 Å². The predicted octanol–water partition coefficient (Wildman–Crippen LogP) is 3.82. The highest BCUT2D eigenvalue weighted by atomic mass is 32.2. The molecule has 1 saturated carbocycles. The third kappa shape index (κ3) is 7.32. The number of rotatable bonds is 12. The van der Waals surface area contributed by atoms with Crippen LogP contribution < -0.4 is 5.32 Å². The molecule has 0 aliphatic heterocycles. The first-order valence-corrected chi connectivity index (χ1v) is 21.0. The lowest BCUT2D eigenvalue weighted by Crippen LogP contribution is -2.46. The minimum absolute atomic E-state index is 0.0247. The second kappa shape index (κ2) is 11.9. The maximum absolute atomic E-state index is 11.1. The summed E-state index contributed by atoms with van der Waals surface area (Å²) in [6.07, 6.45) is 8.82. The van der Waals surface area contributed by atoms with E-state index in [1.807, 2.05) is 17.1 Å². The number of hydrogen-bond donors (Lipinski definition) is 2. The van der Waals surface area contributed by atoms with E-state index in [-0.39, 0.29) is 11.3 Å². The Bertz CT molecular complexity index is 1110. The number of aromatic nitrogens is 5. The molecule has 0 bridgehead atoms. The fraction of sp³-hybridized carbons (Fsp3) is 0.731. The molecule has 0 radical (unpaired) electrons. The summed E-state index contributed by atoms with van der Waals surface area (Å²) in [6.45, 7) is 14.6. The van der Waals surface area contributed by atoms with Gasteiger partial charge < -0.3 is 14.5 Å². The molecule has 2 aromatic heterocycles. The Hall–Kier alpha value is -1.61. The number of nitrogens with one attached hydrogen (secondary N) is 1. The summed E-state index contributed by atoms with van der Waals surface area (Å²) < 4.78 is 8.72. The lowest BCUT2D eigenvalue weighted by molar-refractivity contribution is -0.118. The van der Waals surface area contributed by atoms with Gasteiger partial charge in [0.1, 0.15) is 0 Å². The van der Waals surface area contributed by atoms with Crippen LogP contribution in [0.1, 0.15) is 50.1 Å². The predicted molar refractivity (Wildman–Crippen MR) is 155 cm³/mol. The van der Waals surface area contributed by atoms with Gasteiger partial charge in [0.15, 0.2) is 21.8 Å². The van der Waals surface area contributed by atoms with E-state index in [4.69, 9.17) is 4.12 Å². The van der Waals surface area contributed by atoms with E-state index >= 15 is 0 Å². The summed E-state index contributed by atoms with van der Waals surface area (Å²) in [4.78, 5) is 20.4. The molecule has 2 aromatic rings. The fourth-order valence-electron chi connectivity index (χ4n) is 6.16. The summed E-state index contributed by atoms with van der Waals surface area (Å²) >= 11 is 1.68. The normalized spacial score (nSPS) is 23.2. The van der Waals surface area contributed by atoms with Crippen LogP contribution >= 0.6 is 11.8 Å². The average molecular weight is 577 g/mol. The van der Waals surface area contributed by atoms with Gasteiger partial charge in [-0.3, -0.25) is 4.79 Å². The van der Waals surface area contributed by atoms with Crippen molar-refractivity contribution in [1.29, 1.82) is 0 Å². The maximum Gasteiger partial charge on any atom is 0.216 e. The first kappa shape index (κ1) is 29.4. The molecular formula is C26H44N6O3SSi2. The van der Waals surface area contributed by atoms with E-state index in [2.05, 4.69) is 58.7 Å². The zero-order valence-corrected chi connectivity index (χ0v) is 26.6. The van der Waals surface area contributed by atoms with Gasteiger partial charge in [-0.15, -0.1) is 5.10 Å². The number of aliphatic hydroxyl groups is 1. The second-order valence-corrected chi connectivity index (χ2v) is 22.6. The van der Waals surface area contributed by atoms with Crippen molar-refractivity contribution < 1.29 is 14.0 Å². The Morgan fingerprint density at radius 3 is 2.66 bits per heavy atom. The molecule has 3 atom stereocenters. The first-order chi connectivity index (χ1) is 17.9. The Kier molecular flexibility index (Phi) is 9.18. The number of carbonyl (C=O) groups excluding carboxylic acids is 1. The second-order valence-electron chi connectivity index (χ2n) is 12.5. The first-order valence-electron chi connectivity index (χ1n) is 13.8. The van der Waals surface area contributed by atoms with Crippen molar-refractivity contribution in [3.63, 3.8) is 0 Å². The maximum atomic E-state index is 11.1. The molecule has 2 N–H and O–H groups in total. The van der Waals surface area contributed by atoms with Crippen LogP contribution in [0.2, 0.25) is 32.2 Å². The zero-order valence-electron chi connectivity index (χ0n) is 23.8. The monoisotopic (exact) mass is 576 g/mol. The van der Waals surface area contributed by atoms with Crippen molar-refractivity contribution in [2.24, 2.45) is 17.3 Å². The summed E-state index contributed by atoms with van der Waals surface area (Å²) in [6, 6.07) is 1.04. The lowest BCUT2D eigenvalue weighted by Gasteiger charge is -2.33. The van der Waals surface area contributed by atoms with Crippen LogP contribution in [-0.2, 0) is 28.3 Å². The van der Waals surface area contributed by atoms with Crippen molar-refractivity contribution >= 4 is 34.3 Å². The SMILES string of the molecule is CC(=O)NCCC[Si](C)(C)O[Si](C)(C)CSc1ncc(Cn2nnc3c2CCC2(C)C(CC3)[C@@H]2CO)cn1. The smallest absolute Gasteiger partial charge is 0.216 e. The van der Waals surface area contributed by atoms with Gasteiger partial charge in [-0.1, -0.05) is 23.9 Å². The molecule has 9 nitrogen and oxygen atoms in total. The van der Waals surface area contributed by atoms with Gasteiger partial charge >= 0.3 is 0 Å². The molecule has 2 unspecified atom stereocenters. The molecule has 0 aromatic carbocycles. The van der Waals surface area contributed by atoms with E-state index in [0.717, 1.165) is 59.9 Å². The summed E-state index contributed by atoms with van der Waals surface area (Å²) in [5.41, 5.74) is 3.61. The van der Waals surface area contributed by atoms with Gasteiger partial charge in [0.05, 0.1) is 17.9 Å². The van der Waals surface area contributed by atoms with Crippen molar-refractivity contribution in [2.45, 2.75) is 89.9 Å². The van der Waals surface area contributed by atoms with E-state index in [1.165, 1.54) is 5.69 Å². The third-order valence-electron chi connectivity index (χ3n) is 8.22. The van der Waals surface area contributed by atoms with Crippen LogP contribution in [0, 0.1) is 17.3 Å². The number of aliphatic hydroxyl groups excluding tert-OH is 1. The summed E-state index contributed by atoms with van der Waals surface area (Å²) in [7, 11) is -3.69. The van der Waals surface area contributed by atoms with Gasteiger partial charge in [0, 0.05) is 43.4 Å². The summed E-state index contributed by atoms with van der Waals surface area (Å²) in [5.74, 6) is 1.08. The van der Waals surface area contributed by atoms with Crippen molar-refractivity contribution in [3.8, 4) is 0 Å². The summed E-state index contributed by atoms with van der Waals surface area (Å²) in [5, 5.41) is 23.3. The van der Waals surface area contributed by atoms with E-state index in [0.29, 0.717) is 31.5 Å². The number of amides is 1. The topological polar surface area (TPSA) is 115 Å². The highest BCUT2D eigenvalue weighted by Gasteiger charge is 2.59. The molecule has 2 aliphatic carbocycles. The zero-order chi connectivity index (χ0) is 27.6. The van der Waals surface area contributed by atoms with Crippen LogP contribution in [0.5, 0.6) is 0 Å². The minimum Gasteiger partial charge on any atom is -0.455 e. The van der Waals surface area contributed by atoms with Gasteiger partial charge in [-0.2, -0.15) is 0 Å². The molecule has 4 rings (SSSR count). The van der Waals surface area contributed by atoms with E-state index in [9.17, 15) is 9.90 Å². The van der Waals surface area contributed by atoms with Crippen LogP contribution in [0.4, 0.5) is 0 Å². The molecule has 210 valence electrons. The molecule has 2 aliphatic rings. The van der Waals surface area contributed by atoms with E-state index in [1.54, 1.807) is 18.7 Å². The highest BCUT2D eigenvalue weighted by Crippen LogP contribution is 2.63. The molecule has 0 spiro atoms. The molecule has 1 amide bonds. The minimum atomic E-state index is -1.89. The third-order valence-corrected chi connectivity index (χ3v) is 18.0.